The van der Waals surface area contributed by atoms with Crippen LogP contribution >= 0.6 is 39.1 Å². The smallest absolute Gasteiger partial charge is 0.335 e. The molecule has 9 heteroatoms. The van der Waals surface area contributed by atoms with E-state index in [-0.39, 0.29) is 27.9 Å². The SMILES string of the molecule is C=CCOc1ccc(Br)cc1/C=C1\C(=O)NC(=O)N(c2ccc(Cl)c(Cl)c2)C1=O. The van der Waals surface area contributed by atoms with Gasteiger partial charge in [0.15, 0.2) is 0 Å². The number of benzene rings is 2. The van der Waals surface area contributed by atoms with Crippen molar-refractivity contribution < 1.29 is 19.1 Å². The molecule has 0 bridgehead atoms. The number of ether oxygens (including phenoxy) is 1. The number of carbonyl (C=O) groups excluding carboxylic acids is 3. The molecule has 1 N–H and O–H groups in total. The molecule has 0 unspecified atom stereocenters. The maximum absolute atomic E-state index is 13.0. The quantitative estimate of drug-likeness (QED) is 0.360. The summed E-state index contributed by atoms with van der Waals surface area (Å²) in [6.07, 6.45) is 2.93. The number of anilines is 1. The second-order valence-corrected chi connectivity index (χ2v) is 7.57. The van der Waals surface area contributed by atoms with Gasteiger partial charge in [0, 0.05) is 10.0 Å². The average molecular weight is 496 g/mol. The van der Waals surface area contributed by atoms with E-state index in [9.17, 15) is 14.4 Å². The molecule has 2 aromatic carbocycles. The average Bonchev–Trinajstić information content (AvgIpc) is 2.67. The summed E-state index contributed by atoms with van der Waals surface area (Å²) >= 11 is 15.2. The van der Waals surface area contributed by atoms with Crippen molar-refractivity contribution in [2.45, 2.75) is 0 Å². The first-order valence-corrected chi connectivity index (χ1v) is 9.76. The molecule has 0 aliphatic carbocycles. The molecule has 0 saturated carbocycles. The van der Waals surface area contributed by atoms with Crippen LogP contribution in [-0.4, -0.2) is 24.5 Å². The lowest BCUT2D eigenvalue weighted by molar-refractivity contribution is -0.122. The summed E-state index contributed by atoms with van der Waals surface area (Å²) in [5.74, 6) is -1.17. The summed E-state index contributed by atoms with van der Waals surface area (Å²) in [5.41, 5.74) is 0.415. The lowest BCUT2D eigenvalue weighted by atomic mass is 10.1. The van der Waals surface area contributed by atoms with Crippen LogP contribution in [0.1, 0.15) is 5.56 Å². The number of rotatable bonds is 5. The molecular formula is C20H13BrCl2N2O4. The number of urea groups is 1. The highest BCUT2D eigenvalue weighted by Crippen LogP contribution is 2.31. The number of halogens is 3. The minimum absolute atomic E-state index is 0.166. The molecule has 6 nitrogen and oxygen atoms in total. The molecule has 3 rings (SSSR count). The van der Waals surface area contributed by atoms with Gasteiger partial charge >= 0.3 is 6.03 Å². The van der Waals surface area contributed by atoms with Gasteiger partial charge in [-0.25, -0.2) is 9.69 Å². The fourth-order valence-corrected chi connectivity index (χ4v) is 3.25. The van der Waals surface area contributed by atoms with E-state index in [2.05, 4.69) is 27.8 Å². The molecule has 0 aromatic heterocycles. The van der Waals surface area contributed by atoms with Gasteiger partial charge in [-0.1, -0.05) is 51.8 Å². The maximum Gasteiger partial charge on any atom is 0.335 e. The maximum atomic E-state index is 13.0. The first-order chi connectivity index (χ1) is 13.8. The van der Waals surface area contributed by atoms with Crippen LogP contribution in [0.2, 0.25) is 10.0 Å². The Balaban J connectivity index is 2.05. The molecular weight excluding hydrogens is 483 g/mol. The Morgan fingerprint density at radius 2 is 1.86 bits per heavy atom. The summed E-state index contributed by atoms with van der Waals surface area (Å²) in [5, 5.41) is 2.59. The minimum Gasteiger partial charge on any atom is -0.489 e. The van der Waals surface area contributed by atoms with Crippen molar-refractivity contribution in [1.29, 1.82) is 0 Å². The van der Waals surface area contributed by atoms with Gasteiger partial charge in [0.1, 0.15) is 17.9 Å². The molecule has 4 amide bonds. The first kappa shape index (κ1) is 21.1. The lowest BCUT2D eigenvalue weighted by Gasteiger charge is -2.26. The van der Waals surface area contributed by atoms with Gasteiger partial charge in [-0.15, -0.1) is 0 Å². The Hall–Kier alpha value is -2.61. The number of imide groups is 2. The monoisotopic (exact) mass is 494 g/mol. The molecule has 1 fully saturated rings. The Labute approximate surface area is 184 Å². The zero-order valence-corrected chi connectivity index (χ0v) is 17.8. The van der Waals surface area contributed by atoms with E-state index in [0.717, 1.165) is 9.37 Å². The number of nitrogens with zero attached hydrogens (tertiary/aromatic N) is 1. The van der Waals surface area contributed by atoms with Crippen LogP contribution in [0.5, 0.6) is 5.75 Å². The zero-order chi connectivity index (χ0) is 21.1. The third-order valence-electron chi connectivity index (χ3n) is 3.89. The van der Waals surface area contributed by atoms with Gasteiger partial charge in [-0.3, -0.25) is 14.9 Å². The molecule has 148 valence electrons. The summed E-state index contributed by atoms with van der Waals surface area (Å²) in [6, 6.07) is 8.53. The second-order valence-electron chi connectivity index (χ2n) is 5.84. The third kappa shape index (κ3) is 4.53. The van der Waals surface area contributed by atoms with Crippen LogP contribution in [-0.2, 0) is 9.59 Å². The van der Waals surface area contributed by atoms with Crippen LogP contribution < -0.4 is 15.0 Å². The number of barbiturate groups is 1. The number of nitrogens with one attached hydrogen (secondary N) is 1. The Morgan fingerprint density at radius 1 is 1.10 bits per heavy atom. The van der Waals surface area contributed by atoms with Crippen molar-refractivity contribution in [3.63, 3.8) is 0 Å². The van der Waals surface area contributed by atoms with E-state index < -0.39 is 17.8 Å². The Bertz CT molecular complexity index is 1070. The van der Waals surface area contributed by atoms with E-state index in [1.165, 1.54) is 24.3 Å². The molecule has 0 atom stereocenters. The molecule has 1 aliphatic heterocycles. The Kier molecular flexibility index (Phi) is 6.42. The molecule has 29 heavy (non-hydrogen) atoms. The van der Waals surface area contributed by atoms with Crippen LogP contribution in [0.4, 0.5) is 10.5 Å². The van der Waals surface area contributed by atoms with E-state index in [1.807, 2.05) is 0 Å². The molecule has 1 aliphatic rings. The van der Waals surface area contributed by atoms with Crippen molar-refractivity contribution in [1.82, 2.24) is 5.32 Å². The fourth-order valence-electron chi connectivity index (χ4n) is 2.58. The Morgan fingerprint density at radius 3 is 2.55 bits per heavy atom. The van der Waals surface area contributed by atoms with Crippen molar-refractivity contribution in [3.8, 4) is 5.75 Å². The number of hydrogen-bond acceptors (Lipinski definition) is 4. The van der Waals surface area contributed by atoms with Crippen molar-refractivity contribution in [2.24, 2.45) is 0 Å². The van der Waals surface area contributed by atoms with Gasteiger partial charge < -0.3 is 4.74 Å². The van der Waals surface area contributed by atoms with Crippen LogP contribution in [0.3, 0.4) is 0 Å². The number of hydrogen-bond donors (Lipinski definition) is 1. The van der Waals surface area contributed by atoms with Crippen molar-refractivity contribution in [3.05, 3.63) is 74.7 Å². The lowest BCUT2D eigenvalue weighted by Crippen LogP contribution is -2.54. The second kappa shape index (κ2) is 8.82. The number of amides is 4. The highest BCUT2D eigenvalue weighted by molar-refractivity contribution is 9.10. The van der Waals surface area contributed by atoms with Gasteiger partial charge in [0.05, 0.1) is 15.7 Å². The summed E-state index contributed by atoms with van der Waals surface area (Å²) in [7, 11) is 0. The third-order valence-corrected chi connectivity index (χ3v) is 5.12. The highest BCUT2D eigenvalue weighted by Gasteiger charge is 2.37. The predicted octanol–water partition coefficient (Wildman–Crippen LogP) is 4.99. The molecule has 1 saturated heterocycles. The van der Waals surface area contributed by atoms with Gasteiger partial charge in [0.2, 0.25) is 0 Å². The van der Waals surface area contributed by atoms with Crippen LogP contribution in [0.15, 0.2) is 59.1 Å². The van der Waals surface area contributed by atoms with Crippen LogP contribution in [0.25, 0.3) is 6.08 Å². The van der Waals surface area contributed by atoms with E-state index in [0.29, 0.717) is 11.3 Å². The van der Waals surface area contributed by atoms with Gasteiger partial charge in [-0.2, -0.15) is 0 Å². The number of carbonyl (C=O) groups is 3. The zero-order valence-electron chi connectivity index (χ0n) is 14.7. The van der Waals surface area contributed by atoms with Gasteiger partial charge in [0.25, 0.3) is 11.8 Å². The molecule has 0 radical (unpaired) electrons. The summed E-state index contributed by atoms with van der Waals surface area (Å²) < 4.78 is 6.29. The highest BCUT2D eigenvalue weighted by atomic mass is 79.9. The van der Waals surface area contributed by atoms with E-state index in [1.54, 1.807) is 24.3 Å². The summed E-state index contributed by atoms with van der Waals surface area (Å²) in [6.45, 7) is 3.84. The predicted molar refractivity (Wildman–Crippen MR) is 115 cm³/mol. The molecule has 2 aromatic rings. The topological polar surface area (TPSA) is 75.7 Å². The van der Waals surface area contributed by atoms with Crippen molar-refractivity contribution >= 4 is 68.7 Å². The largest absolute Gasteiger partial charge is 0.489 e. The van der Waals surface area contributed by atoms with E-state index in [4.69, 9.17) is 27.9 Å². The normalized spacial score (nSPS) is 15.5. The molecule has 1 heterocycles. The van der Waals surface area contributed by atoms with Crippen molar-refractivity contribution in [2.75, 3.05) is 11.5 Å². The standard InChI is InChI=1S/C20H13BrCl2N2O4/c1-2-7-29-17-6-3-12(21)8-11(17)9-14-18(26)24-20(28)25(19(14)27)13-4-5-15(22)16(23)10-13/h2-6,8-10H,1,7H2,(H,24,26,28)/b14-9+. The summed E-state index contributed by atoms with van der Waals surface area (Å²) in [4.78, 5) is 38.5. The first-order valence-electron chi connectivity index (χ1n) is 8.21. The minimum atomic E-state index is -0.882. The van der Waals surface area contributed by atoms with E-state index >= 15 is 0 Å². The van der Waals surface area contributed by atoms with Gasteiger partial charge in [-0.05, 0) is 42.5 Å². The fraction of sp³-hybridized carbons (Fsp3) is 0.0500. The van der Waals surface area contributed by atoms with Crippen LogP contribution in [0, 0.1) is 0 Å². The molecule has 0 spiro atoms.